The fraction of sp³-hybridized carbons (Fsp3) is 0.273. The van der Waals surface area contributed by atoms with E-state index in [1.807, 2.05) is 19.9 Å². The summed E-state index contributed by atoms with van der Waals surface area (Å²) in [6.45, 7) is 3.77. The van der Waals surface area contributed by atoms with Crippen molar-refractivity contribution in [2.75, 3.05) is 21.3 Å². The third-order valence-electron chi connectivity index (χ3n) is 5.15. The van der Waals surface area contributed by atoms with E-state index in [1.54, 1.807) is 18.2 Å². The van der Waals surface area contributed by atoms with Crippen molar-refractivity contribution in [1.29, 1.82) is 0 Å². The van der Waals surface area contributed by atoms with Gasteiger partial charge in [0.05, 0.1) is 38.3 Å². The van der Waals surface area contributed by atoms with Crippen LogP contribution in [-0.2, 0) is 0 Å². The average Bonchev–Trinajstić information content (AvgIpc) is 3.04. The van der Waals surface area contributed by atoms with Crippen LogP contribution in [0, 0.1) is 13.8 Å². The molecule has 1 aliphatic rings. The smallest absolute Gasteiger partial charge is 0.288 e. The second-order valence-corrected chi connectivity index (χ2v) is 7.00. The number of carbonyl (C=O) groups excluding carboxylic acids is 1. The molecule has 7 nitrogen and oxygen atoms in total. The molecule has 0 aliphatic carbocycles. The number of carbonyl (C=O) groups is 1. The van der Waals surface area contributed by atoms with Crippen LogP contribution in [-0.4, -0.2) is 27.2 Å². The first-order valence-corrected chi connectivity index (χ1v) is 9.08. The molecule has 1 N–H and O–H groups in total. The first-order chi connectivity index (χ1) is 13.9. The van der Waals surface area contributed by atoms with Gasteiger partial charge in [0.25, 0.3) is 5.91 Å². The predicted octanol–water partition coefficient (Wildman–Crippen LogP) is 3.27. The molecule has 7 heteroatoms. The minimum absolute atomic E-state index is 0.0354. The van der Waals surface area contributed by atoms with Gasteiger partial charge in [-0.3, -0.25) is 9.59 Å². The van der Waals surface area contributed by atoms with Crippen LogP contribution in [0.4, 0.5) is 0 Å². The van der Waals surface area contributed by atoms with Crippen molar-refractivity contribution in [1.82, 2.24) is 5.32 Å². The Morgan fingerprint density at radius 1 is 0.931 bits per heavy atom. The Morgan fingerprint density at radius 2 is 1.59 bits per heavy atom. The van der Waals surface area contributed by atoms with Crippen molar-refractivity contribution < 1.29 is 23.4 Å². The zero-order chi connectivity index (χ0) is 20.9. The molecule has 0 spiro atoms. The van der Waals surface area contributed by atoms with Crippen LogP contribution in [0.25, 0.3) is 11.0 Å². The number of aryl methyl sites for hydroxylation is 2. The molecular weight excluding hydrogens is 374 g/mol. The number of benzene rings is 2. The van der Waals surface area contributed by atoms with Gasteiger partial charge in [-0.2, -0.15) is 0 Å². The summed E-state index contributed by atoms with van der Waals surface area (Å²) in [7, 11) is 4.53. The summed E-state index contributed by atoms with van der Waals surface area (Å²) in [6, 6.07) is 6.44. The van der Waals surface area contributed by atoms with Crippen LogP contribution in [0.1, 0.15) is 38.9 Å². The van der Waals surface area contributed by atoms with Crippen LogP contribution in [0.5, 0.6) is 17.2 Å². The number of fused-ring (bicyclic) bond motifs is 2. The quantitative estimate of drug-likeness (QED) is 0.730. The molecule has 29 heavy (non-hydrogen) atoms. The van der Waals surface area contributed by atoms with Crippen LogP contribution < -0.4 is 25.0 Å². The highest BCUT2D eigenvalue weighted by Gasteiger charge is 2.37. The van der Waals surface area contributed by atoms with Gasteiger partial charge < -0.3 is 23.9 Å². The fourth-order valence-electron chi connectivity index (χ4n) is 3.88. The topological polar surface area (TPSA) is 87.0 Å². The number of hydrogen-bond donors (Lipinski definition) is 1. The van der Waals surface area contributed by atoms with Crippen molar-refractivity contribution in [3.05, 3.63) is 62.5 Å². The van der Waals surface area contributed by atoms with Crippen molar-refractivity contribution in [3.8, 4) is 17.2 Å². The zero-order valence-electron chi connectivity index (χ0n) is 16.8. The maximum atomic E-state index is 13.3. The van der Waals surface area contributed by atoms with Gasteiger partial charge in [0, 0.05) is 0 Å². The lowest BCUT2D eigenvalue weighted by molar-refractivity contribution is 0.0937. The molecular formula is C22H21NO6. The lowest BCUT2D eigenvalue weighted by atomic mass is 9.97. The van der Waals surface area contributed by atoms with E-state index in [2.05, 4.69) is 5.32 Å². The number of hydrogen-bond acceptors (Lipinski definition) is 6. The van der Waals surface area contributed by atoms with Gasteiger partial charge in [-0.25, -0.2) is 0 Å². The molecule has 1 amide bonds. The monoisotopic (exact) mass is 395 g/mol. The molecule has 0 radical (unpaired) electrons. The second-order valence-electron chi connectivity index (χ2n) is 7.00. The third kappa shape index (κ3) is 2.81. The highest BCUT2D eigenvalue weighted by atomic mass is 16.5. The number of ether oxygens (including phenoxy) is 3. The van der Waals surface area contributed by atoms with E-state index in [4.69, 9.17) is 18.6 Å². The van der Waals surface area contributed by atoms with Crippen LogP contribution in [0.3, 0.4) is 0 Å². The summed E-state index contributed by atoms with van der Waals surface area (Å²) < 4.78 is 22.1. The lowest BCUT2D eigenvalue weighted by Crippen LogP contribution is -2.22. The van der Waals surface area contributed by atoms with Crippen molar-refractivity contribution >= 4 is 16.9 Å². The molecule has 3 aromatic rings. The molecule has 150 valence electrons. The predicted molar refractivity (Wildman–Crippen MR) is 107 cm³/mol. The summed E-state index contributed by atoms with van der Waals surface area (Å²) in [5.41, 5.74) is 2.86. The van der Waals surface area contributed by atoms with E-state index in [-0.39, 0.29) is 16.8 Å². The summed E-state index contributed by atoms with van der Waals surface area (Å²) in [4.78, 5) is 26.0. The maximum Gasteiger partial charge on any atom is 0.288 e. The zero-order valence-corrected chi connectivity index (χ0v) is 16.8. The lowest BCUT2D eigenvalue weighted by Gasteiger charge is -2.17. The van der Waals surface area contributed by atoms with Gasteiger partial charge in [0.1, 0.15) is 5.58 Å². The second kappa shape index (κ2) is 6.84. The molecule has 1 atom stereocenters. The number of methoxy groups -OCH3 is 3. The Labute approximate surface area is 167 Å². The highest BCUT2D eigenvalue weighted by Crippen LogP contribution is 2.42. The summed E-state index contributed by atoms with van der Waals surface area (Å²) in [5.74, 6) is 0.897. The molecule has 0 unspecified atom stereocenters. The van der Waals surface area contributed by atoms with Crippen molar-refractivity contribution in [3.63, 3.8) is 0 Å². The van der Waals surface area contributed by atoms with E-state index in [9.17, 15) is 9.59 Å². The van der Waals surface area contributed by atoms with Crippen LogP contribution in [0.15, 0.2) is 33.5 Å². The number of nitrogens with one attached hydrogen (secondary N) is 1. The Balaban J connectivity index is 1.98. The summed E-state index contributed by atoms with van der Waals surface area (Å²) >= 11 is 0. The standard InChI is InChI=1S/C22H21NO6/c1-10-6-11(2)19-13(7-10)18(24)16-17(23-22(25)21(16)29-19)12-8-14(26-3)20(28-5)15(9-12)27-4/h6-9,17H,1-5H3,(H,23,25)/t17-/m1/s1. The van der Waals surface area contributed by atoms with Crippen LogP contribution >= 0.6 is 0 Å². The molecule has 0 bridgehead atoms. The molecule has 1 aliphatic heterocycles. The Kier molecular flexibility index (Phi) is 4.45. The summed E-state index contributed by atoms with van der Waals surface area (Å²) in [6.07, 6.45) is 0. The Morgan fingerprint density at radius 3 is 2.17 bits per heavy atom. The fourth-order valence-corrected chi connectivity index (χ4v) is 3.88. The van der Waals surface area contributed by atoms with Gasteiger partial charge >= 0.3 is 0 Å². The molecule has 0 saturated heterocycles. The van der Waals surface area contributed by atoms with Crippen molar-refractivity contribution in [2.45, 2.75) is 19.9 Å². The third-order valence-corrected chi connectivity index (χ3v) is 5.15. The van der Waals surface area contributed by atoms with Crippen molar-refractivity contribution in [2.24, 2.45) is 0 Å². The highest BCUT2D eigenvalue weighted by molar-refractivity contribution is 5.99. The maximum absolute atomic E-state index is 13.3. The minimum Gasteiger partial charge on any atom is -0.493 e. The van der Waals surface area contributed by atoms with Gasteiger partial charge in [-0.05, 0) is 48.7 Å². The first kappa shape index (κ1) is 18.9. The van der Waals surface area contributed by atoms with Crippen LogP contribution in [0.2, 0.25) is 0 Å². The van der Waals surface area contributed by atoms with E-state index in [0.29, 0.717) is 33.8 Å². The van der Waals surface area contributed by atoms with E-state index in [1.165, 1.54) is 21.3 Å². The minimum atomic E-state index is -0.687. The Hall–Kier alpha value is -3.48. The van der Waals surface area contributed by atoms with Gasteiger partial charge in [0.15, 0.2) is 16.9 Å². The van der Waals surface area contributed by atoms with Gasteiger partial charge in [0.2, 0.25) is 11.5 Å². The first-order valence-electron chi connectivity index (χ1n) is 9.08. The average molecular weight is 395 g/mol. The van der Waals surface area contributed by atoms with Gasteiger partial charge in [-0.1, -0.05) is 6.07 Å². The number of amides is 1. The van der Waals surface area contributed by atoms with E-state index in [0.717, 1.165) is 11.1 Å². The molecule has 0 fully saturated rings. The normalized spacial score (nSPS) is 15.2. The van der Waals surface area contributed by atoms with E-state index >= 15 is 0 Å². The summed E-state index contributed by atoms with van der Waals surface area (Å²) in [5, 5.41) is 3.29. The molecule has 0 saturated carbocycles. The van der Waals surface area contributed by atoms with E-state index < -0.39 is 11.9 Å². The SMILES string of the molecule is COc1cc([C@H]2NC(=O)c3oc4c(C)cc(C)cc4c(=O)c32)cc(OC)c1OC. The Bertz CT molecular complexity index is 1190. The largest absolute Gasteiger partial charge is 0.493 e. The van der Waals surface area contributed by atoms with Gasteiger partial charge in [-0.15, -0.1) is 0 Å². The molecule has 4 rings (SSSR count). The molecule has 2 aromatic carbocycles. The molecule has 1 aromatic heterocycles. The number of rotatable bonds is 4. The molecule has 2 heterocycles.